The van der Waals surface area contributed by atoms with Crippen LogP contribution in [0.3, 0.4) is 0 Å². The van der Waals surface area contributed by atoms with Crippen molar-refractivity contribution in [3.05, 3.63) is 64.7 Å². The largest absolute Gasteiger partial charge is 0.334 e. The van der Waals surface area contributed by atoms with E-state index >= 15 is 0 Å². The zero-order valence-corrected chi connectivity index (χ0v) is 14.2. The van der Waals surface area contributed by atoms with Crippen molar-refractivity contribution in [2.24, 2.45) is 0 Å². The highest BCUT2D eigenvalue weighted by Gasteiger charge is 2.11. The maximum Gasteiger partial charge on any atom is 0.315 e. The highest BCUT2D eigenvalue weighted by Crippen LogP contribution is 2.21. The van der Waals surface area contributed by atoms with Gasteiger partial charge in [-0.25, -0.2) is 4.79 Å². The van der Waals surface area contributed by atoms with Gasteiger partial charge in [-0.2, -0.15) is 0 Å². The van der Waals surface area contributed by atoms with Crippen molar-refractivity contribution >= 4 is 29.4 Å². The number of hydrogen-bond donors (Lipinski definition) is 2. The second-order valence-electron chi connectivity index (χ2n) is 4.92. The average Bonchev–Trinajstić information content (AvgIpc) is 2.53. The standard InChI is InChI=1S/C17H19ClN2OS/c1-12(15-5-3-4-6-16(15)18)20-17(21)19-11-13-7-9-14(22-2)10-8-13/h3-10,12H,11H2,1-2H3,(H2,19,20,21). The summed E-state index contributed by atoms with van der Waals surface area (Å²) in [6.45, 7) is 2.41. The molecule has 116 valence electrons. The molecule has 2 aromatic rings. The van der Waals surface area contributed by atoms with E-state index in [-0.39, 0.29) is 12.1 Å². The quantitative estimate of drug-likeness (QED) is 0.783. The molecule has 0 radical (unpaired) electrons. The molecule has 0 bridgehead atoms. The number of hydrogen-bond acceptors (Lipinski definition) is 2. The van der Waals surface area contributed by atoms with Gasteiger partial charge in [0, 0.05) is 16.5 Å². The molecule has 1 unspecified atom stereocenters. The minimum Gasteiger partial charge on any atom is -0.334 e. The normalized spacial score (nSPS) is 11.8. The number of urea groups is 1. The van der Waals surface area contributed by atoms with Gasteiger partial charge in [-0.15, -0.1) is 11.8 Å². The lowest BCUT2D eigenvalue weighted by Crippen LogP contribution is -2.36. The van der Waals surface area contributed by atoms with Crippen LogP contribution in [0.4, 0.5) is 4.79 Å². The molecular formula is C17H19ClN2OS. The van der Waals surface area contributed by atoms with Crippen LogP contribution in [0.25, 0.3) is 0 Å². The molecule has 0 aliphatic heterocycles. The van der Waals surface area contributed by atoms with E-state index in [4.69, 9.17) is 11.6 Å². The average molecular weight is 335 g/mol. The van der Waals surface area contributed by atoms with Crippen molar-refractivity contribution in [2.75, 3.05) is 6.26 Å². The minimum absolute atomic E-state index is 0.146. The van der Waals surface area contributed by atoms with Crippen LogP contribution in [0.15, 0.2) is 53.4 Å². The van der Waals surface area contributed by atoms with Crippen LogP contribution in [0.1, 0.15) is 24.1 Å². The maximum absolute atomic E-state index is 12.0. The van der Waals surface area contributed by atoms with Crippen molar-refractivity contribution in [3.8, 4) is 0 Å². The molecule has 0 aliphatic carbocycles. The Hall–Kier alpha value is -1.65. The topological polar surface area (TPSA) is 41.1 Å². The Morgan fingerprint density at radius 2 is 1.86 bits per heavy atom. The van der Waals surface area contributed by atoms with Crippen molar-refractivity contribution in [1.29, 1.82) is 0 Å². The molecular weight excluding hydrogens is 316 g/mol. The first-order valence-corrected chi connectivity index (χ1v) is 8.62. The second-order valence-corrected chi connectivity index (χ2v) is 6.21. The van der Waals surface area contributed by atoms with Gasteiger partial charge in [-0.1, -0.05) is 41.9 Å². The van der Waals surface area contributed by atoms with Crippen LogP contribution < -0.4 is 10.6 Å². The van der Waals surface area contributed by atoms with Crippen molar-refractivity contribution in [2.45, 2.75) is 24.4 Å². The summed E-state index contributed by atoms with van der Waals surface area (Å²) >= 11 is 7.83. The van der Waals surface area contributed by atoms with Crippen molar-refractivity contribution < 1.29 is 4.79 Å². The molecule has 2 N–H and O–H groups in total. The van der Waals surface area contributed by atoms with Crippen molar-refractivity contribution in [1.82, 2.24) is 10.6 Å². The molecule has 0 fully saturated rings. The summed E-state index contributed by atoms with van der Waals surface area (Å²) in [6.07, 6.45) is 2.04. The van der Waals surface area contributed by atoms with E-state index < -0.39 is 0 Å². The molecule has 2 aromatic carbocycles. The molecule has 2 amide bonds. The number of nitrogens with one attached hydrogen (secondary N) is 2. The lowest BCUT2D eigenvalue weighted by Gasteiger charge is -2.16. The molecule has 1 atom stereocenters. The van der Waals surface area contributed by atoms with E-state index in [0.29, 0.717) is 11.6 Å². The van der Waals surface area contributed by atoms with E-state index in [1.54, 1.807) is 11.8 Å². The Morgan fingerprint density at radius 3 is 2.50 bits per heavy atom. The van der Waals surface area contributed by atoms with Gasteiger partial charge < -0.3 is 10.6 Å². The number of rotatable bonds is 5. The first-order valence-electron chi connectivity index (χ1n) is 7.02. The van der Waals surface area contributed by atoms with Crippen LogP contribution in [-0.2, 0) is 6.54 Å². The summed E-state index contributed by atoms with van der Waals surface area (Å²) in [5, 5.41) is 6.40. The fourth-order valence-corrected chi connectivity index (χ4v) is 2.79. The van der Waals surface area contributed by atoms with Gasteiger partial charge in [0.2, 0.25) is 0 Å². The Kier molecular flexibility index (Phi) is 6.16. The molecule has 3 nitrogen and oxygen atoms in total. The lowest BCUT2D eigenvalue weighted by molar-refractivity contribution is 0.237. The fourth-order valence-electron chi connectivity index (χ4n) is 2.08. The molecule has 0 aliphatic rings. The Morgan fingerprint density at radius 1 is 1.18 bits per heavy atom. The Balaban J connectivity index is 1.86. The molecule has 0 saturated carbocycles. The van der Waals surface area contributed by atoms with Gasteiger partial charge in [0.15, 0.2) is 0 Å². The van der Waals surface area contributed by atoms with Gasteiger partial charge in [0.1, 0.15) is 0 Å². The summed E-state index contributed by atoms with van der Waals surface area (Å²) < 4.78 is 0. The van der Waals surface area contributed by atoms with Crippen LogP contribution >= 0.6 is 23.4 Å². The minimum atomic E-state index is -0.207. The van der Waals surface area contributed by atoms with Crippen LogP contribution in [0.5, 0.6) is 0 Å². The second kappa shape index (κ2) is 8.11. The van der Waals surface area contributed by atoms with Crippen molar-refractivity contribution in [3.63, 3.8) is 0 Å². The zero-order chi connectivity index (χ0) is 15.9. The van der Waals surface area contributed by atoms with E-state index in [0.717, 1.165) is 11.1 Å². The fraction of sp³-hybridized carbons (Fsp3) is 0.235. The van der Waals surface area contributed by atoms with Crippen LogP contribution in [-0.4, -0.2) is 12.3 Å². The highest BCUT2D eigenvalue weighted by atomic mass is 35.5. The van der Waals surface area contributed by atoms with Gasteiger partial charge in [0.05, 0.1) is 6.04 Å². The number of carbonyl (C=O) groups is 1. The van der Waals surface area contributed by atoms with Crippen LogP contribution in [0.2, 0.25) is 5.02 Å². The van der Waals surface area contributed by atoms with Gasteiger partial charge in [-0.3, -0.25) is 0 Å². The molecule has 0 heterocycles. The zero-order valence-electron chi connectivity index (χ0n) is 12.6. The lowest BCUT2D eigenvalue weighted by atomic mass is 10.1. The number of amides is 2. The highest BCUT2D eigenvalue weighted by molar-refractivity contribution is 7.98. The third-order valence-corrected chi connectivity index (χ3v) is 4.42. The SMILES string of the molecule is CSc1ccc(CNC(=O)NC(C)c2ccccc2Cl)cc1. The Labute approximate surface area is 140 Å². The molecule has 0 saturated heterocycles. The molecule has 0 spiro atoms. The predicted octanol–water partition coefficient (Wildman–Crippen LogP) is 4.62. The third-order valence-electron chi connectivity index (χ3n) is 3.33. The molecule has 5 heteroatoms. The first-order chi connectivity index (χ1) is 10.6. The van der Waals surface area contributed by atoms with E-state index in [2.05, 4.69) is 10.6 Å². The number of halogens is 1. The molecule has 2 rings (SSSR count). The first kappa shape index (κ1) is 16.7. The summed E-state index contributed by atoms with van der Waals surface area (Å²) in [4.78, 5) is 13.2. The van der Waals surface area contributed by atoms with Crippen LogP contribution in [0, 0.1) is 0 Å². The monoisotopic (exact) mass is 334 g/mol. The smallest absolute Gasteiger partial charge is 0.315 e. The summed E-state index contributed by atoms with van der Waals surface area (Å²) in [6, 6.07) is 15.3. The molecule has 0 aromatic heterocycles. The summed E-state index contributed by atoms with van der Waals surface area (Å²) in [5.41, 5.74) is 1.97. The third kappa shape index (κ3) is 4.68. The number of carbonyl (C=O) groups excluding carboxylic acids is 1. The molecule has 22 heavy (non-hydrogen) atoms. The number of benzene rings is 2. The number of thioether (sulfide) groups is 1. The van der Waals surface area contributed by atoms with E-state index in [1.807, 2.05) is 61.7 Å². The maximum atomic E-state index is 12.0. The van der Waals surface area contributed by atoms with E-state index in [9.17, 15) is 4.79 Å². The predicted molar refractivity (Wildman–Crippen MR) is 93.5 cm³/mol. The summed E-state index contributed by atoms with van der Waals surface area (Å²) in [5.74, 6) is 0. The van der Waals surface area contributed by atoms with Gasteiger partial charge in [-0.05, 0) is 42.5 Å². The van der Waals surface area contributed by atoms with Gasteiger partial charge >= 0.3 is 6.03 Å². The van der Waals surface area contributed by atoms with Gasteiger partial charge in [0.25, 0.3) is 0 Å². The summed E-state index contributed by atoms with van der Waals surface area (Å²) in [7, 11) is 0. The Bertz CT molecular complexity index is 631. The van der Waals surface area contributed by atoms with E-state index in [1.165, 1.54) is 4.90 Å².